The van der Waals surface area contributed by atoms with Crippen molar-refractivity contribution in [2.75, 3.05) is 5.73 Å². The molecule has 2 aromatic rings. The SMILES string of the molecule is [2H]C([2H])([2H])Cc1cc(-c2cccc(C)c2C)nc(N)n1. The molecular formula is C14H17N3. The normalized spacial score (nSPS) is 13.9. The van der Waals surface area contributed by atoms with Crippen molar-refractivity contribution in [2.24, 2.45) is 0 Å². The van der Waals surface area contributed by atoms with Crippen LogP contribution in [0.2, 0.25) is 0 Å². The molecule has 0 aliphatic carbocycles. The monoisotopic (exact) mass is 230 g/mol. The van der Waals surface area contributed by atoms with Crippen LogP contribution in [0.15, 0.2) is 24.3 Å². The second kappa shape index (κ2) is 4.53. The minimum atomic E-state index is -2.07. The van der Waals surface area contributed by atoms with E-state index in [0.717, 1.165) is 16.7 Å². The fourth-order valence-corrected chi connectivity index (χ4v) is 1.78. The molecule has 1 heterocycles. The number of aryl methyl sites for hydroxylation is 2. The summed E-state index contributed by atoms with van der Waals surface area (Å²) < 4.78 is 22.0. The fourth-order valence-electron chi connectivity index (χ4n) is 1.78. The predicted molar refractivity (Wildman–Crippen MR) is 70.7 cm³/mol. The van der Waals surface area contributed by atoms with Crippen molar-refractivity contribution in [3.8, 4) is 11.3 Å². The number of aromatic nitrogens is 2. The highest BCUT2D eigenvalue weighted by Gasteiger charge is 2.07. The highest BCUT2D eigenvalue weighted by molar-refractivity contribution is 5.66. The van der Waals surface area contributed by atoms with E-state index >= 15 is 0 Å². The maximum absolute atomic E-state index is 7.32. The lowest BCUT2D eigenvalue weighted by Gasteiger charge is -2.09. The van der Waals surface area contributed by atoms with E-state index in [1.165, 1.54) is 0 Å². The van der Waals surface area contributed by atoms with Crippen LogP contribution in [0.4, 0.5) is 5.95 Å². The van der Waals surface area contributed by atoms with Crippen LogP contribution in [-0.2, 0) is 6.42 Å². The van der Waals surface area contributed by atoms with Gasteiger partial charge in [0, 0.05) is 15.4 Å². The van der Waals surface area contributed by atoms with Crippen LogP contribution in [0.25, 0.3) is 11.3 Å². The largest absolute Gasteiger partial charge is 0.368 e. The average molecular weight is 230 g/mol. The van der Waals surface area contributed by atoms with Gasteiger partial charge in [-0.2, -0.15) is 0 Å². The summed E-state index contributed by atoms with van der Waals surface area (Å²) in [6.45, 7) is 1.96. The van der Waals surface area contributed by atoms with Gasteiger partial charge in [0.15, 0.2) is 0 Å². The molecule has 88 valence electrons. The van der Waals surface area contributed by atoms with Crippen LogP contribution in [0, 0.1) is 13.8 Å². The molecular weight excluding hydrogens is 210 g/mol. The maximum atomic E-state index is 7.32. The summed E-state index contributed by atoms with van der Waals surface area (Å²) in [5, 5.41) is 0. The Hall–Kier alpha value is -1.90. The molecule has 1 aromatic heterocycles. The van der Waals surface area contributed by atoms with E-state index < -0.39 is 6.85 Å². The van der Waals surface area contributed by atoms with Gasteiger partial charge in [-0.3, -0.25) is 0 Å². The van der Waals surface area contributed by atoms with Crippen LogP contribution in [0.3, 0.4) is 0 Å². The zero-order chi connectivity index (χ0) is 14.9. The molecule has 0 amide bonds. The molecule has 3 heteroatoms. The van der Waals surface area contributed by atoms with Gasteiger partial charge in [-0.25, -0.2) is 9.97 Å². The summed E-state index contributed by atoms with van der Waals surface area (Å²) in [6, 6.07) is 7.61. The van der Waals surface area contributed by atoms with Gasteiger partial charge in [-0.1, -0.05) is 25.1 Å². The zero-order valence-corrected chi connectivity index (χ0v) is 9.99. The van der Waals surface area contributed by atoms with Crippen molar-refractivity contribution in [2.45, 2.75) is 27.1 Å². The Morgan fingerprint density at radius 1 is 1.29 bits per heavy atom. The number of anilines is 1. The average Bonchev–Trinajstić information content (AvgIpc) is 2.29. The van der Waals surface area contributed by atoms with E-state index in [9.17, 15) is 0 Å². The topological polar surface area (TPSA) is 51.8 Å². The third-order valence-corrected chi connectivity index (χ3v) is 2.86. The molecule has 0 radical (unpaired) electrons. The van der Waals surface area contributed by atoms with Gasteiger partial charge in [0.05, 0.1) is 5.69 Å². The predicted octanol–water partition coefficient (Wildman–Crippen LogP) is 2.91. The van der Waals surface area contributed by atoms with E-state index in [2.05, 4.69) is 9.97 Å². The first-order valence-electron chi connectivity index (χ1n) is 6.96. The highest BCUT2D eigenvalue weighted by atomic mass is 15.0. The number of benzene rings is 1. The quantitative estimate of drug-likeness (QED) is 0.863. The molecule has 2 rings (SSSR count). The molecule has 0 fully saturated rings. The highest BCUT2D eigenvalue weighted by Crippen LogP contribution is 2.24. The fraction of sp³-hybridized carbons (Fsp3) is 0.286. The molecule has 0 aliphatic heterocycles. The molecule has 3 nitrogen and oxygen atoms in total. The lowest BCUT2D eigenvalue weighted by Crippen LogP contribution is -2.01. The Morgan fingerprint density at radius 2 is 2.12 bits per heavy atom. The van der Waals surface area contributed by atoms with Gasteiger partial charge >= 0.3 is 0 Å². The Morgan fingerprint density at radius 3 is 2.88 bits per heavy atom. The van der Waals surface area contributed by atoms with Crippen molar-refractivity contribution in [1.82, 2.24) is 9.97 Å². The Balaban J connectivity index is 2.50. The summed E-state index contributed by atoms with van der Waals surface area (Å²) in [5.41, 5.74) is 10.0. The number of hydrogen-bond donors (Lipinski definition) is 1. The Labute approximate surface area is 106 Å². The summed E-state index contributed by atoms with van der Waals surface area (Å²) >= 11 is 0. The van der Waals surface area contributed by atoms with Crippen molar-refractivity contribution in [3.63, 3.8) is 0 Å². The van der Waals surface area contributed by atoms with Crippen LogP contribution in [-0.4, -0.2) is 9.97 Å². The van der Waals surface area contributed by atoms with Crippen LogP contribution in [0.1, 0.15) is 27.8 Å². The lowest BCUT2D eigenvalue weighted by molar-refractivity contribution is 1.01. The Bertz CT molecular complexity index is 636. The number of rotatable bonds is 2. The number of nitrogens with zero attached hydrogens (tertiary/aromatic N) is 2. The van der Waals surface area contributed by atoms with Crippen molar-refractivity contribution < 1.29 is 4.11 Å². The second-order valence-corrected chi connectivity index (χ2v) is 4.03. The van der Waals surface area contributed by atoms with Crippen LogP contribution < -0.4 is 5.73 Å². The molecule has 17 heavy (non-hydrogen) atoms. The van der Waals surface area contributed by atoms with Gasteiger partial charge in [-0.15, -0.1) is 0 Å². The molecule has 0 spiro atoms. The Kier molecular flexibility index (Phi) is 2.20. The smallest absolute Gasteiger partial charge is 0.220 e. The first kappa shape index (κ1) is 8.23. The molecule has 0 bridgehead atoms. The third-order valence-electron chi connectivity index (χ3n) is 2.86. The molecule has 1 aromatic carbocycles. The van der Waals surface area contributed by atoms with Crippen LogP contribution in [0.5, 0.6) is 0 Å². The number of nitrogen functional groups attached to an aromatic ring is 1. The second-order valence-electron chi connectivity index (χ2n) is 4.03. The number of hydrogen-bond acceptors (Lipinski definition) is 3. The van der Waals surface area contributed by atoms with E-state index in [1.54, 1.807) is 6.07 Å². The van der Waals surface area contributed by atoms with E-state index in [1.807, 2.05) is 32.0 Å². The molecule has 2 N–H and O–H groups in total. The summed E-state index contributed by atoms with van der Waals surface area (Å²) in [4.78, 5) is 8.22. The minimum Gasteiger partial charge on any atom is -0.368 e. The van der Waals surface area contributed by atoms with Crippen molar-refractivity contribution >= 4 is 5.95 Å². The minimum absolute atomic E-state index is 0.0997. The van der Waals surface area contributed by atoms with Gasteiger partial charge in [0.1, 0.15) is 0 Å². The molecule has 0 atom stereocenters. The molecule has 0 aliphatic rings. The van der Waals surface area contributed by atoms with E-state index in [-0.39, 0.29) is 12.4 Å². The molecule has 0 unspecified atom stereocenters. The number of nitrogens with two attached hydrogens (primary N) is 1. The standard InChI is InChI=1S/C14H17N3/c1-4-11-8-13(17-14(15)16-11)12-7-5-6-9(2)10(12)3/h5-8H,4H2,1-3H3,(H2,15,16,17)/i1D3. The molecule has 0 saturated heterocycles. The van der Waals surface area contributed by atoms with Crippen molar-refractivity contribution in [1.29, 1.82) is 0 Å². The summed E-state index contributed by atoms with van der Waals surface area (Å²) in [5.74, 6) is 0.0997. The van der Waals surface area contributed by atoms with Gasteiger partial charge < -0.3 is 5.73 Å². The van der Waals surface area contributed by atoms with Gasteiger partial charge in [0.2, 0.25) is 5.95 Å². The summed E-state index contributed by atoms with van der Waals surface area (Å²) in [7, 11) is 0. The summed E-state index contributed by atoms with van der Waals surface area (Å²) in [6.07, 6.45) is -0.114. The van der Waals surface area contributed by atoms with Gasteiger partial charge in [-0.05, 0) is 37.5 Å². The van der Waals surface area contributed by atoms with Crippen LogP contribution >= 0.6 is 0 Å². The maximum Gasteiger partial charge on any atom is 0.220 e. The first-order valence-corrected chi connectivity index (χ1v) is 5.46. The van der Waals surface area contributed by atoms with Gasteiger partial charge in [0.25, 0.3) is 0 Å². The van der Waals surface area contributed by atoms with E-state index in [0.29, 0.717) is 11.4 Å². The third kappa shape index (κ3) is 2.28. The first-order chi connectivity index (χ1) is 9.26. The lowest BCUT2D eigenvalue weighted by atomic mass is 10.0. The van der Waals surface area contributed by atoms with Crippen molar-refractivity contribution in [3.05, 3.63) is 41.1 Å². The van der Waals surface area contributed by atoms with E-state index in [4.69, 9.17) is 9.85 Å². The zero-order valence-electron chi connectivity index (χ0n) is 13.0. The molecule has 0 saturated carbocycles.